The molecule has 9 heteroatoms. The second kappa shape index (κ2) is 12.1. The number of ether oxygens (including phenoxy) is 2. The van der Waals surface area contributed by atoms with Crippen LogP contribution in [0.2, 0.25) is 0 Å². The molecule has 0 saturated carbocycles. The highest BCUT2D eigenvalue weighted by atomic mass is 16.5. The molecule has 1 fully saturated rings. The summed E-state index contributed by atoms with van der Waals surface area (Å²) in [5.41, 5.74) is 0.248. The van der Waals surface area contributed by atoms with Gasteiger partial charge in [-0.25, -0.2) is 4.98 Å². The molecule has 2 amide bonds. The SMILES string of the molecule is CCOC(=O)[C@H]1CCCN(C(=O)CCN(CCCOC)C(=O)c2cnccn2)C1. The van der Waals surface area contributed by atoms with E-state index in [1.165, 1.54) is 18.6 Å². The van der Waals surface area contributed by atoms with Gasteiger partial charge >= 0.3 is 5.97 Å². The first-order valence-electron chi connectivity index (χ1n) is 10.1. The summed E-state index contributed by atoms with van der Waals surface area (Å²) in [5.74, 6) is -0.844. The first-order chi connectivity index (χ1) is 14.1. The van der Waals surface area contributed by atoms with Gasteiger partial charge in [-0.1, -0.05) is 0 Å². The van der Waals surface area contributed by atoms with Gasteiger partial charge in [-0.2, -0.15) is 0 Å². The third-order valence-electron chi connectivity index (χ3n) is 4.84. The molecule has 2 rings (SSSR count). The third-order valence-corrected chi connectivity index (χ3v) is 4.84. The molecule has 0 aliphatic carbocycles. The minimum atomic E-state index is -0.272. The average Bonchev–Trinajstić information content (AvgIpc) is 2.76. The molecule has 2 heterocycles. The van der Waals surface area contributed by atoms with Crippen molar-refractivity contribution in [1.29, 1.82) is 0 Å². The van der Waals surface area contributed by atoms with Crippen molar-refractivity contribution in [3.05, 3.63) is 24.3 Å². The molecule has 1 aliphatic heterocycles. The summed E-state index contributed by atoms with van der Waals surface area (Å²) in [6.45, 7) is 4.36. The van der Waals surface area contributed by atoms with E-state index in [2.05, 4.69) is 9.97 Å². The van der Waals surface area contributed by atoms with E-state index < -0.39 is 0 Å². The number of nitrogens with zero attached hydrogens (tertiary/aromatic N) is 4. The standard InChI is InChI=1S/C20H30N4O5/c1-3-29-20(27)16-6-4-10-24(15-16)18(25)7-12-23(11-5-13-28-2)19(26)17-14-21-8-9-22-17/h8-9,14,16H,3-7,10-13,15H2,1-2H3/t16-/m0/s1. The zero-order chi connectivity index (χ0) is 21.1. The van der Waals surface area contributed by atoms with Gasteiger partial charge in [-0.05, 0) is 26.2 Å². The second-order valence-corrected chi connectivity index (χ2v) is 6.91. The number of rotatable bonds is 10. The Morgan fingerprint density at radius 3 is 2.79 bits per heavy atom. The molecular weight excluding hydrogens is 376 g/mol. The molecular formula is C20H30N4O5. The summed E-state index contributed by atoms with van der Waals surface area (Å²) >= 11 is 0. The predicted octanol–water partition coefficient (Wildman–Crippen LogP) is 1.15. The Bertz CT molecular complexity index is 670. The van der Waals surface area contributed by atoms with Crippen LogP contribution in [0, 0.1) is 5.92 Å². The van der Waals surface area contributed by atoms with Crippen LogP contribution in [0.25, 0.3) is 0 Å². The Hall–Kier alpha value is -2.55. The first kappa shape index (κ1) is 22.7. The van der Waals surface area contributed by atoms with Crippen LogP contribution in [0.15, 0.2) is 18.6 Å². The topological polar surface area (TPSA) is 102 Å². The second-order valence-electron chi connectivity index (χ2n) is 6.91. The van der Waals surface area contributed by atoms with Crippen molar-refractivity contribution in [3.8, 4) is 0 Å². The summed E-state index contributed by atoms with van der Waals surface area (Å²) in [6.07, 6.45) is 6.74. The Balaban J connectivity index is 1.93. The van der Waals surface area contributed by atoms with Crippen molar-refractivity contribution in [2.75, 3.05) is 46.5 Å². The lowest BCUT2D eigenvalue weighted by Crippen LogP contribution is -2.44. The lowest BCUT2D eigenvalue weighted by molar-refractivity contribution is -0.151. The molecule has 0 bridgehead atoms. The number of methoxy groups -OCH3 is 1. The van der Waals surface area contributed by atoms with Crippen LogP contribution in [-0.4, -0.2) is 84.1 Å². The number of carbonyl (C=O) groups is 3. The minimum Gasteiger partial charge on any atom is -0.466 e. The van der Waals surface area contributed by atoms with E-state index in [9.17, 15) is 14.4 Å². The maximum atomic E-state index is 12.7. The monoisotopic (exact) mass is 406 g/mol. The van der Waals surface area contributed by atoms with Gasteiger partial charge in [0.1, 0.15) is 5.69 Å². The summed E-state index contributed by atoms with van der Waals surface area (Å²) in [7, 11) is 1.61. The largest absolute Gasteiger partial charge is 0.466 e. The molecule has 0 N–H and O–H groups in total. The van der Waals surface area contributed by atoms with E-state index in [0.717, 1.165) is 12.8 Å². The minimum absolute atomic E-state index is 0.0670. The van der Waals surface area contributed by atoms with E-state index in [1.54, 1.807) is 23.8 Å². The zero-order valence-electron chi connectivity index (χ0n) is 17.2. The van der Waals surface area contributed by atoms with Crippen LogP contribution in [0.3, 0.4) is 0 Å². The normalized spacial score (nSPS) is 16.3. The highest BCUT2D eigenvalue weighted by Crippen LogP contribution is 2.19. The van der Waals surface area contributed by atoms with Gasteiger partial charge in [-0.3, -0.25) is 19.4 Å². The predicted molar refractivity (Wildman–Crippen MR) is 105 cm³/mol. The van der Waals surface area contributed by atoms with Crippen LogP contribution in [0.5, 0.6) is 0 Å². The molecule has 1 aliphatic rings. The Kier molecular flexibility index (Phi) is 9.49. The highest BCUT2D eigenvalue weighted by molar-refractivity contribution is 5.92. The summed E-state index contributed by atoms with van der Waals surface area (Å²) in [6, 6.07) is 0. The maximum Gasteiger partial charge on any atom is 0.310 e. The van der Waals surface area contributed by atoms with Crippen molar-refractivity contribution in [3.63, 3.8) is 0 Å². The fourth-order valence-electron chi connectivity index (χ4n) is 3.33. The van der Waals surface area contributed by atoms with Crippen LogP contribution < -0.4 is 0 Å². The molecule has 1 aromatic rings. The molecule has 0 aromatic carbocycles. The van der Waals surface area contributed by atoms with Gasteiger partial charge in [0, 0.05) is 58.7 Å². The van der Waals surface area contributed by atoms with Gasteiger partial charge in [-0.15, -0.1) is 0 Å². The number of likely N-dealkylation sites (tertiary alicyclic amines) is 1. The third kappa shape index (κ3) is 7.08. The van der Waals surface area contributed by atoms with Gasteiger partial charge in [0.2, 0.25) is 5.91 Å². The lowest BCUT2D eigenvalue weighted by Gasteiger charge is -2.32. The molecule has 1 saturated heterocycles. The fraction of sp³-hybridized carbons (Fsp3) is 0.650. The van der Waals surface area contributed by atoms with Crippen LogP contribution >= 0.6 is 0 Å². The van der Waals surface area contributed by atoms with Crippen molar-refractivity contribution < 1.29 is 23.9 Å². The van der Waals surface area contributed by atoms with E-state index >= 15 is 0 Å². The molecule has 0 spiro atoms. The lowest BCUT2D eigenvalue weighted by atomic mass is 9.98. The zero-order valence-corrected chi connectivity index (χ0v) is 17.2. The number of hydrogen-bond acceptors (Lipinski definition) is 7. The van der Waals surface area contributed by atoms with Crippen molar-refractivity contribution in [2.45, 2.75) is 32.6 Å². The summed E-state index contributed by atoms with van der Waals surface area (Å²) in [4.78, 5) is 48.7. The number of carbonyl (C=O) groups excluding carboxylic acids is 3. The van der Waals surface area contributed by atoms with Crippen LogP contribution in [-0.2, 0) is 19.1 Å². The van der Waals surface area contributed by atoms with Gasteiger partial charge in [0.05, 0.1) is 18.7 Å². The van der Waals surface area contributed by atoms with E-state index in [4.69, 9.17) is 9.47 Å². The van der Waals surface area contributed by atoms with Crippen LogP contribution in [0.4, 0.5) is 0 Å². The fourth-order valence-corrected chi connectivity index (χ4v) is 3.33. The van der Waals surface area contributed by atoms with Crippen LogP contribution in [0.1, 0.15) is 43.1 Å². The molecule has 29 heavy (non-hydrogen) atoms. The van der Waals surface area contributed by atoms with Crippen molar-refractivity contribution in [1.82, 2.24) is 19.8 Å². The van der Waals surface area contributed by atoms with E-state index in [1.807, 2.05) is 0 Å². The van der Waals surface area contributed by atoms with Gasteiger partial charge in [0.15, 0.2) is 0 Å². The van der Waals surface area contributed by atoms with E-state index in [-0.39, 0.29) is 42.4 Å². The number of esters is 1. The smallest absolute Gasteiger partial charge is 0.310 e. The molecule has 160 valence electrons. The first-order valence-corrected chi connectivity index (χ1v) is 10.1. The molecule has 1 aromatic heterocycles. The molecule has 0 unspecified atom stereocenters. The van der Waals surface area contributed by atoms with E-state index in [0.29, 0.717) is 39.3 Å². The van der Waals surface area contributed by atoms with Gasteiger partial charge < -0.3 is 19.3 Å². The Labute approximate surface area is 171 Å². The number of piperidine rings is 1. The summed E-state index contributed by atoms with van der Waals surface area (Å²) in [5, 5.41) is 0. The highest BCUT2D eigenvalue weighted by Gasteiger charge is 2.29. The number of hydrogen-bond donors (Lipinski definition) is 0. The number of amides is 2. The Morgan fingerprint density at radius 2 is 2.10 bits per heavy atom. The number of aromatic nitrogens is 2. The molecule has 0 radical (unpaired) electrons. The maximum absolute atomic E-state index is 12.7. The Morgan fingerprint density at radius 1 is 1.28 bits per heavy atom. The van der Waals surface area contributed by atoms with Crippen molar-refractivity contribution >= 4 is 17.8 Å². The average molecular weight is 406 g/mol. The summed E-state index contributed by atoms with van der Waals surface area (Å²) < 4.78 is 10.2. The molecule has 1 atom stereocenters. The quantitative estimate of drug-likeness (QED) is 0.424. The van der Waals surface area contributed by atoms with Gasteiger partial charge in [0.25, 0.3) is 5.91 Å². The molecule has 9 nitrogen and oxygen atoms in total. The van der Waals surface area contributed by atoms with Crippen molar-refractivity contribution in [2.24, 2.45) is 5.92 Å².